The van der Waals surface area contributed by atoms with Crippen molar-refractivity contribution in [3.63, 3.8) is 0 Å². The van der Waals surface area contributed by atoms with E-state index in [1.54, 1.807) is 12.4 Å². The van der Waals surface area contributed by atoms with Crippen LogP contribution in [0.4, 0.5) is 5.69 Å². The number of anilines is 1. The second-order valence-corrected chi connectivity index (χ2v) is 5.39. The van der Waals surface area contributed by atoms with Crippen molar-refractivity contribution in [3.05, 3.63) is 40.1 Å². The molecule has 0 bridgehead atoms. The molecule has 0 aliphatic heterocycles. The topological polar surface area (TPSA) is 66.9 Å². The number of carbonyl (C=O) groups excluding carboxylic acids is 1. The summed E-state index contributed by atoms with van der Waals surface area (Å²) in [5.41, 5.74) is 2.25. The van der Waals surface area contributed by atoms with E-state index in [0.29, 0.717) is 5.56 Å². The molecule has 2 aromatic rings. The molecule has 0 radical (unpaired) electrons. The van der Waals surface area contributed by atoms with Crippen molar-refractivity contribution < 1.29 is 4.79 Å². The summed E-state index contributed by atoms with van der Waals surface area (Å²) in [4.78, 5) is 20.8. The molecule has 1 atom stereocenters. The SMILES string of the molecule is CCNc1cc(C)ncc1C(=O)NC(C)c1nccs1. The van der Waals surface area contributed by atoms with Gasteiger partial charge in [0.2, 0.25) is 0 Å². The van der Waals surface area contributed by atoms with Gasteiger partial charge in [0.15, 0.2) is 0 Å². The Labute approximate surface area is 122 Å². The molecule has 0 aromatic carbocycles. The first-order chi connectivity index (χ1) is 9.61. The van der Waals surface area contributed by atoms with Crippen LogP contribution in [0.2, 0.25) is 0 Å². The average Bonchev–Trinajstić information content (AvgIpc) is 2.93. The summed E-state index contributed by atoms with van der Waals surface area (Å²) in [6.07, 6.45) is 3.34. The minimum atomic E-state index is -0.142. The third kappa shape index (κ3) is 3.33. The van der Waals surface area contributed by atoms with Crippen molar-refractivity contribution in [2.45, 2.75) is 26.8 Å². The number of hydrogen-bond acceptors (Lipinski definition) is 5. The molecule has 0 saturated heterocycles. The van der Waals surface area contributed by atoms with Crippen molar-refractivity contribution in [2.24, 2.45) is 0 Å². The minimum absolute atomic E-state index is 0.113. The predicted octanol–water partition coefficient (Wildman–Crippen LogP) is 2.77. The highest BCUT2D eigenvalue weighted by molar-refractivity contribution is 7.09. The number of pyridine rings is 1. The molecular formula is C14H18N4OS. The third-order valence-electron chi connectivity index (χ3n) is 2.82. The van der Waals surface area contributed by atoms with Crippen molar-refractivity contribution in [3.8, 4) is 0 Å². The lowest BCUT2D eigenvalue weighted by atomic mass is 10.2. The zero-order chi connectivity index (χ0) is 14.5. The van der Waals surface area contributed by atoms with Crippen molar-refractivity contribution in [2.75, 3.05) is 11.9 Å². The second kappa shape index (κ2) is 6.47. The highest BCUT2D eigenvalue weighted by Gasteiger charge is 2.16. The van der Waals surface area contributed by atoms with E-state index in [4.69, 9.17) is 0 Å². The first kappa shape index (κ1) is 14.5. The summed E-state index contributed by atoms with van der Waals surface area (Å²) in [7, 11) is 0. The van der Waals surface area contributed by atoms with Gasteiger partial charge in [-0.3, -0.25) is 9.78 Å². The predicted molar refractivity (Wildman–Crippen MR) is 81.1 cm³/mol. The van der Waals surface area contributed by atoms with Crippen LogP contribution in [0.3, 0.4) is 0 Å². The monoisotopic (exact) mass is 290 g/mol. The largest absolute Gasteiger partial charge is 0.385 e. The molecule has 0 spiro atoms. The van der Waals surface area contributed by atoms with Crippen LogP contribution in [0.1, 0.15) is 40.9 Å². The maximum Gasteiger partial charge on any atom is 0.255 e. The Morgan fingerprint density at radius 3 is 2.90 bits per heavy atom. The van der Waals surface area contributed by atoms with Crippen molar-refractivity contribution in [1.82, 2.24) is 15.3 Å². The molecule has 2 N–H and O–H groups in total. The fourth-order valence-corrected chi connectivity index (χ4v) is 2.51. The molecule has 0 fully saturated rings. The molecule has 0 saturated carbocycles. The molecule has 2 heterocycles. The Morgan fingerprint density at radius 1 is 1.45 bits per heavy atom. The molecule has 0 aliphatic carbocycles. The molecule has 5 nitrogen and oxygen atoms in total. The summed E-state index contributed by atoms with van der Waals surface area (Å²) in [6, 6.07) is 1.77. The lowest BCUT2D eigenvalue weighted by Crippen LogP contribution is -2.27. The van der Waals surface area contributed by atoms with E-state index in [9.17, 15) is 4.79 Å². The van der Waals surface area contributed by atoms with Gasteiger partial charge in [0.05, 0.1) is 17.3 Å². The van der Waals surface area contributed by atoms with E-state index >= 15 is 0 Å². The zero-order valence-corrected chi connectivity index (χ0v) is 12.6. The maximum atomic E-state index is 12.3. The number of nitrogens with zero attached hydrogens (tertiary/aromatic N) is 2. The number of aryl methyl sites for hydroxylation is 1. The molecular weight excluding hydrogens is 272 g/mol. The number of nitrogens with one attached hydrogen (secondary N) is 2. The van der Waals surface area contributed by atoms with Crippen LogP contribution in [0.15, 0.2) is 23.8 Å². The summed E-state index contributed by atoms with van der Waals surface area (Å²) in [5, 5.41) is 8.93. The Bertz CT molecular complexity index is 583. The van der Waals surface area contributed by atoms with Crippen LogP contribution in [-0.4, -0.2) is 22.4 Å². The number of rotatable bonds is 5. The van der Waals surface area contributed by atoms with Gasteiger partial charge < -0.3 is 10.6 Å². The minimum Gasteiger partial charge on any atom is -0.385 e. The molecule has 2 rings (SSSR count). The van der Waals surface area contributed by atoms with Gasteiger partial charge in [-0.2, -0.15) is 0 Å². The molecule has 1 amide bonds. The van der Waals surface area contributed by atoms with E-state index < -0.39 is 0 Å². The Morgan fingerprint density at radius 2 is 2.25 bits per heavy atom. The van der Waals surface area contributed by atoms with E-state index in [1.165, 1.54) is 11.3 Å². The lowest BCUT2D eigenvalue weighted by molar-refractivity contribution is 0.0940. The van der Waals surface area contributed by atoms with Crippen LogP contribution >= 0.6 is 11.3 Å². The fourth-order valence-electron chi connectivity index (χ4n) is 1.86. The van der Waals surface area contributed by atoms with Crippen LogP contribution < -0.4 is 10.6 Å². The van der Waals surface area contributed by atoms with Gasteiger partial charge in [0, 0.05) is 30.0 Å². The zero-order valence-electron chi connectivity index (χ0n) is 11.8. The Hall–Kier alpha value is -1.95. The van der Waals surface area contributed by atoms with Gasteiger partial charge in [0.1, 0.15) is 5.01 Å². The molecule has 0 aliphatic rings. The first-order valence-corrected chi connectivity index (χ1v) is 7.40. The first-order valence-electron chi connectivity index (χ1n) is 6.52. The number of hydrogen-bond donors (Lipinski definition) is 2. The van der Waals surface area contributed by atoms with Gasteiger partial charge in [0.25, 0.3) is 5.91 Å². The van der Waals surface area contributed by atoms with Crippen LogP contribution in [-0.2, 0) is 0 Å². The standard InChI is InChI=1S/C14H18N4OS/c1-4-15-12-7-9(2)17-8-11(12)13(19)18-10(3)14-16-5-6-20-14/h5-8,10H,4H2,1-3H3,(H,15,17)(H,18,19). The van der Waals surface area contributed by atoms with Gasteiger partial charge in [-0.05, 0) is 26.8 Å². The summed E-state index contributed by atoms with van der Waals surface area (Å²) < 4.78 is 0. The smallest absolute Gasteiger partial charge is 0.255 e. The second-order valence-electron chi connectivity index (χ2n) is 4.47. The normalized spacial score (nSPS) is 11.9. The Kier molecular flexibility index (Phi) is 4.68. The van der Waals surface area contributed by atoms with Crippen LogP contribution in [0.25, 0.3) is 0 Å². The van der Waals surface area contributed by atoms with Gasteiger partial charge >= 0.3 is 0 Å². The quantitative estimate of drug-likeness (QED) is 0.888. The molecule has 20 heavy (non-hydrogen) atoms. The van der Waals surface area contributed by atoms with Crippen LogP contribution in [0, 0.1) is 6.92 Å². The molecule has 1 unspecified atom stereocenters. The number of thiazole rings is 1. The molecule has 6 heteroatoms. The van der Waals surface area contributed by atoms with Crippen LogP contribution in [0.5, 0.6) is 0 Å². The number of carbonyl (C=O) groups is 1. The van der Waals surface area contributed by atoms with E-state index in [-0.39, 0.29) is 11.9 Å². The molecule has 106 valence electrons. The molecule has 2 aromatic heterocycles. The van der Waals surface area contributed by atoms with Crippen molar-refractivity contribution in [1.29, 1.82) is 0 Å². The summed E-state index contributed by atoms with van der Waals surface area (Å²) >= 11 is 1.53. The van der Waals surface area contributed by atoms with E-state index in [2.05, 4.69) is 20.6 Å². The fraction of sp³-hybridized carbons (Fsp3) is 0.357. The Balaban J connectivity index is 2.16. The average molecular weight is 290 g/mol. The summed E-state index contributed by atoms with van der Waals surface area (Å²) in [5.74, 6) is -0.142. The highest BCUT2D eigenvalue weighted by Crippen LogP contribution is 2.19. The van der Waals surface area contributed by atoms with E-state index in [0.717, 1.165) is 22.9 Å². The van der Waals surface area contributed by atoms with Gasteiger partial charge in [-0.25, -0.2) is 4.98 Å². The van der Waals surface area contributed by atoms with Gasteiger partial charge in [-0.1, -0.05) is 0 Å². The number of aromatic nitrogens is 2. The highest BCUT2D eigenvalue weighted by atomic mass is 32.1. The summed E-state index contributed by atoms with van der Waals surface area (Å²) in [6.45, 7) is 6.58. The lowest BCUT2D eigenvalue weighted by Gasteiger charge is -2.14. The van der Waals surface area contributed by atoms with E-state index in [1.807, 2.05) is 32.2 Å². The third-order valence-corrected chi connectivity index (χ3v) is 3.78. The van der Waals surface area contributed by atoms with Gasteiger partial charge in [-0.15, -0.1) is 11.3 Å². The number of amides is 1. The van der Waals surface area contributed by atoms with Crippen molar-refractivity contribution >= 4 is 22.9 Å². The maximum absolute atomic E-state index is 12.3.